The topological polar surface area (TPSA) is 14.2 Å². The normalized spacial score (nSPS) is 13.1. The van der Waals surface area contributed by atoms with E-state index in [9.17, 15) is 0 Å². The molecule has 0 fully saturated rings. The predicted octanol–water partition coefficient (Wildman–Crippen LogP) is 5.57. The third kappa shape index (κ3) is 1.89. The smallest absolute Gasteiger partial charge is 0.252 e. The van der Waals surface area contributed by atoms with Gasteiger partial charge in [-0.3, -0.25) is 0 Å². The summed E-state index contributed by atoms with van der Waals surface area (Å²) in [5.74, 6) is 0. The molecular weight excluding hydrogens is 425 g/mol. The molecule has 5 aromatic carbocycles. The number of para-hydroxylation sites is 3. The molecule has 4 heterocycles. The number of hydrogen-bond acceptors (Lipinski definition) is 0. The molecule has 0 spiro atoms. The van der Waals surface area contributed by atoms with E-state index in [0.29, 0.717) is 5.69 Å². The van der Waals surface area contributed by atoms with Crippen LogP contribution in [-0.4, -0.2) is 15.8 Å². The second-order valence-electron chi connectivity index (χ2n) is 9.63. The van der Waals surface area contributed by atoms with E-state index in [4.69, 9.17) is 6.57 Å². The van der Waals surface area contributed by atoms with Crippen LogP contribution in [0.3, 0.4) is 0 Å². The van der Waals surface area contributed by atoms with Gasteiger partial charge in [-0.15, -0.1) is 0 Å². The van der Waals surface area contributed by atoms with E-state index in [2.05, 4.69) is 105 Å². The van der Waals surface area contributed by atoms with E-state index < -0.39 is 0 Å². The van der Waals surface area contributed by atoms with Gasteiger partial charge in [0.1, 0.15) is 0 Å². The van der Waals surface area contributed by atoms with E-state index in [-0.39, 0.29) is 6.71 Å². The maximum atomic E-state index is 7.57. The Balaban J connectivity index is 1.60. The zero-order valence-electron chi connectivity index (χ0n) is 18.7. The molecule has 35 heavy (non-hydrogen) atoms. The molecule has 158 valence electrons. The zero-order valence-corrected chi connectivity index (χ0v) is 18.7. The molecular formula is C31H16BN3. The Labute approximate surface area is 201 Å². The van der Waals surface area contributed by atoms with Crippen molar-refractivity contribution in [2.24, 2.45) is 0 Å². The van der Waals surface area contributed by atoms with Crippen molar-refractivity contribution in [1.29, 1.82) is 0 Å². The van der Waals surface area contributed by atoms with Crippen LogP contribution in [0.5, 0.6) is 0 Å². The molecule has 0 saturated heterocycles. The summed E-state index contributed by atoms with van der Waals surface area (Å²) in [6, 6.07) is 35.1. The average molecular weight is 441 g/mol. The molecule has 0 saturated carbocycles. The van der Waals surface area contributed by atoms with Crippen molar-refractivity contribution < 1.29 is 0 Å². The van der Waals surface area contributed by atoms with Gasteiger partial charge in [0.25, 0.3) is 6.71 Å². The van der Waals surface area contributed by atoms with Crippen molar-refractivity contribution in [2.45, 2.75) is 0 Å². The van der Waals surface area contributed by atoms with E-state index >= 15 is 0 Å². The summed E-state index contributed by atoms with van der Waals surface area (Å²) >= 11 is 0. The van der Waals surface area contributed by atoms with Gasteiger partial charge in [-0.25, -0.2) is 4.85 Å². The van der Waals surface area contributed by atoms with Gasteiger partial charge in [0.05, 0.1) is 23.1 Å². The highest BCUT2D eigenvalue weighted by atomic mass is 15.0. The van der Waals surface area contributed by atoms with Gasteiger partial charge in [-0.2, -0.15) is 0 Å². The number of aromatic nitrogens is 2. The lowest BCUT2D eigenvalue weighted by Crippen LogP contribution is -2.59. The standard InChI is InChI=1S/C31H16BN3/c1-33-18-13-15-26-22(17-18)21-14-16-28-29-31(21)34(26)27-12-5-3-9-23(27)32(29)24-10-6-8-20-19-7-2-4-11-25(19)35(28)30(20)24/h2-17H. The van der Waals surface area contributed by atoms with E-state index in [1.807, 2.05) is 6.07 Å². The fraction of sp³-hybridized carbons (Fsp3) is 0. The molecule has 9 rings (SSSR count). The summed E-state index contributed by atoms with van der Waals surface area (Å²) < 4.78 is 4.91. The van der Waals surface area contributed by atoms with Gasteiger partial charge in [-0.05, 0) is 52.1 Å². The maximum absolute atomic E-state index is 7.57. The van der Waals surface area contributed by atoms with Crippen LogP contribution in [-0.2, 0) is 0 Å². The van der Waals surface area contributed by atoms with Gasteiger partial charge in [0, 0.05) is 33.1 Å². The summed E-state index contributed by atoms with van der Waals surface area (Å²) in [6.07, 6.45) is 0. The minimum atomic E-state index is 0.169. The minimum Gasteiger partial charge on any atom is -0.310 e. The maximum Gasteiger partial charge on any atom is 0.252 e. The molecule has 2 aromatic heterocycles. The summed E-state index contributed by atoms with van der Waals surface area (Å²) in [6.45, 7) is 7.74. The van der Waals surface area contributed by atoms with Crippen molar-refractivity contribution in [1.82, 2.24) is 9.13 Å². The average Bonchev–Trinajstić information content (AvgIpc) is 3.43. The van der Waals surface area contributed by atoms with E-state index in [1.165, 1.54) is 60.5 Å². The summed E-state index contributed by atoms with van der Waals surface area (Å²) in [5, 5.41) is 4.98. The SMILES string of the molecule is [C-]#[N+]c1ccc2c(c1)c1ccc3c4c1n2-c1ccccc1B4c1cccc2c4ccccc4n-3c12. The number of fused-ring (bicyclic) bond motifs is 11. The summed E-state index contributed by atoms with van der Waals surface area (Å²) in [4.78, 5) is 3.72. The molecule has 4 heteroatoms. The van der Waals surface area contributed by atoms with Crippen molar-refractivity contribution in [3.05, 3.63) is 108 Å². The van der Waals surface area contributed by atoms with E-state index in [1.54, 1.807) is 0 Å². The van der Waals surface area contributed by atoms with Gasteiger partial charge < -0.3 is 9.13 Å². The third-order valence-corrected chi connectivity index (χ3v) is 8.11. The molecule has 2 aliphatic rings. The molecule has 7 aromatic rings. The first-order valence-electron chi connectivity index (χ1n) is 12.0. The number of nitrogens with zero attached hydrogens (tertiary/aromatic N) is 3. The first-order valence-corrected chi connectivity index (χ1v) is 12.0. The lowest BCUT2D eigenvalue weighted by molar-refractivity contribution is 1.16. The molecule has 0 bridgehead atoms. The van der Waals surface area contributed by atoms with Crippen molar-refractivity contribution in [3.8, 4) is 11.4 Å². The van der Waals surface area contributed by atoms with Gasteiger partial charge in [-0.1, -0.05) is 66.7 Å². The lowest BCUT2D eigenvalue weighted by Gasteiger charge is -2.33. The highest BCUT2D eigenvalue weighted by Gasteiger charge is 2.40. The van der Waals surface area contributed by atoms with E-state index in [0.717, 1.165) is 10.9 Å². The first kappa shape index (κ1) is 17.7. The van der Waals surface area contributed by atoms with Gasteiger partial charge in [0.2, 0.25) is 0 Å². The summed E-state index contributed by atoms with van der Waals surface area (Å²) in [5.41, 5.74) is 12.2. The third-order valence-electron chi connectivity index (χ3n) is 8.11. The number of benzene rings is 5. The molecule has 0 aliphatic carbocycles. The molecule has 0 N–H and O–H groups in total. The van der Waals surface area contributed by atoms with Crippen LogP contribution < -0.4 is 16.4 Å². The van der Waals surface area contributed by atoms with Crippen LogP contribution >= 0.6 is 0 Å². The Hall–Kier alpha value is -4.75. The van der Waals surface area contributed by atoms with Crippen LogP contribution in [0.15, 0.2) is 97.1 Å². The van der Waals surface area contributed by atoms with Crippen LogP contribution in [0.2, 0.25) is 0 Å². The molecule has 0 unspecified atom stereocenters. The molecule has 0 atom stereocenters. The van der Waals surface area contributed by atoms with Crippen LogP contribution in [0.4, 0.5) is 5.69 Å². The van der Waals surface area contributed by atoms with Crippen LogP contribution in [0, 0.1) is 6.57 Å². The fourth-order valence-electron chi connectivity index (χ4n) is 6.85. The Morgan fingerprint density at radius 3 is 2.26 bits per heavy atom. The monoisotopic (exact) mass is 441 g/mol. The molecule has 0 amide bonds. The number of hydrogen-bond donors (Lipinski definition) is 0. The first-order chi connectivity index (χ1) is 17.3. The van der Waals surface area contributed by atoms with Crippen LogP contribution in [0.25, 0.3) is 59.8 Å². The van der Waals surface area contributed by atoms with Gasteiger partial charge in [0.15, 0.2) is 5.69 Å². The Morgan fingerprint density at radius 2 is 1.31 bits per heavy atom. The van der Waals surface area contributed by atoms with Crippen molar-refractivity contribution >= 4 is 72.4 Å². The molecule has 0 radical (unpaired) electrons. The largest absolute Gasteiger partial charge is 0.310 e. The molecule has 2 aliphatic heterocycles. The Morgan fingerprint density at radius 1 is 0.571 bits per heavy atom. The highest BCUT2D eigenvalue weighted by Crippen LogP contribution is 2.40. The number of rotatable bonds is 0. The summed E-state index contributed by atoms with van der Waals surface area (Å²) in [7, 11) is 0. The van der Waals surface area contributed by atoms with Crippen molar-refractivity contribution in [2.75, 3.05) is 0 Å². The Kier molecular flexibility index (Phi) is 2.95. The minimum absolute atomic E-state index is 0.169. The second kappa shape index (κ2) is 5.84. The predicted molar refractivity (Wildman–Crippen MR) is 146 cm³/mol. The highest BCUT2D eigenvalue weighted by molar-refractivity contribution is 7.00. The van der Waals surface area contributed by atoms with Crippen molar-refractivity contribution in [3.63, 3.8) is 0 Å². The lowest BCUT2D eigenvalue weighted by atomic mass is 9.34. The molecule has 3 nitrogen and oxygen atoms in total. The Bertz CT molecular complexity index is 2140. The quantitative estimate of drug-likeness (QED) is 0.216. The van der Waals surface area contributed by atoms with Crippen LogP contribution in [0.1, 0.15) is 0 Å². The zero-order chi connectivity index (χ0) is 22.8. The van der Waals surface area contributed by atoms with Gasteiger partial charge >= 0.3 is 0 Å². The second-order valence-corrected chi connectivity index (χ2v) is 9.63. The fourth-order valence-corrected chi connectivity index (χ4v) is 6.85.